The van der Waals surface area contributed by atoms with Crippen LogP contribution in [0.2, 0.25) is 0 Å². The van der Waals surface area contributed by atoms with Gasteiger partial charge in [-0.3, -0.25) is 4.79 Å². The molecule has 0 unspecified atom stereocenters. The summed E-state index contributed by atoms with van der Waals surface area (Å²) in [6.45, 7) is 2.43. The number of carbonyl (C=O) groups excluding carboxylic acids is 1. The van der Waals surface area contributed by atoms with Crippen LogP contribution in [-0.4, -0.2) is 44.9 Å². The van der Waals surface area contributed by atoms with E-state index >= 15 is 0 Å². The van der Waals surface area contributed by atoms with Crippen LogP contribution in [0.5, 0.6) is 23.0 Å². The Balaban J connectivity index is 1.35. The summed E-state index contributed by atoms with van der Waals surface area (Å²) >= 11 is 1.66. The lowest BCUT2D eigenvalue weighted by molar-refractivity contribution is 0.0930. The van der Waals surface area contributed by atoms with Gasteiger partial charge in [0.05, 0.1) is 49.2 Å². The third-order valence-corrected chi connectivity index (χ3v) is 7.08. The lowest BCUT2D eigenvalue weighted by Gasteiger charge is -2.17. The number of nitrogens with zero attached hydrogens (tertiary/aromatic N) is 1. The Kier molecular flexibility index (Phi) is 6.21. The Morgan fingerprint density at radius 1 is 1.09 bits per heavy atom. The van der Waals surface area contributed by atoms with Gasteiger partial charge in [0.15, 0.2) is 11.5 Å². The monoisotopic (exact) mass is 490 g/mol. The first-order chi connectivity index (χ1) is 17.0. The van der Waals surface area contributed by atoms with Gasteiger partial charge in [0.1, 0.15) is 16.9 Å². The Hall–Kier alpha value is -3.78. The highest BCUT2D eigenvalue weighted by Crippen LogP contribution is 2.43. The van der Waals surface area contributed by atoms with E-state index in [0.29, 0.717) is 35.8 Å². The van der Waals surface area contributed by atoms with Gasteiger partial charge in [0, 0.05) is 6.42 Å². The van der Waals surface area contributed by atoms with Gasteiger partial charge in [-0.2, -0.15) is 0 Å². The van der Waals surface area contributed by atoms with E-state index in [2.05, 4.69) is 30.4 Å². The number of hydrogen-bond acceptors (Lipinski definition) is 7. The molecule has 2 heterocycles. The van der Waals surface area contributed by atoms with E-state index < -0.39 is 0 Å². The van der Waals surface area contributed by atoms with Gasteiger partial charge in [0.25, 0.3) is 5.91 Å². The topological polar surface area (TPSA) is 78.9 Å². The van der Waals surface area contributed by atoms with Gasteiger partial charge in [-0.05, 0) is 48.4 Å². The molecule has 7 nitrogen and oxygen atoms in total. The van der Waals surface area contributed by atoms with Crippen LogP contribution < -0.4 is 24.3 Å². The van der Waals surface area contributed by atoms with Crippen LogP contribution in [0.3, 0.4) is 0 Å². The van der Waals surface area contributed by atoms with Gasteiger partial charge in [-0.1, -0.05) is 18.2 Å². The van der Waals surface area contributed by atoms with E-state index in [0.717, 1.165) is 37.7 Å². The van der Waals surface area contributed by atoms with Gasteiger partial charge in [0.2, 0.25) is 5.75 Å². The zero-order chi connectivity index (χ0) is 24.5. The fourth-order valence-electron chi connectivity index (χ4n) is 4.43. The summed E-state index contributed by atoms with van der Waals surface area (Å²) in [4.78, 5) is 17.8. The number of para-hydroxylation sites is 1. The first-order valence-electron chi connectivity index (χ1n) is 11.3. The molecule has 35 heavy (non-hydrogen) atoms. The summed E-state index contributed by atoms with van der Waals surface area (Å²) in [5.41, 5.74) is 4.63. The number of hydrogen-bond donors (Lipinski definition) is 1. The van der Waals surface area contributed by atoms with Crippen LogP contribution in [0.25, 0.3) is 20.8 Å². The summed E-state index contributed by atoms with van der Waals surface area (Å²) in [5, 5.41) is 3.92. The van der Waals surface area contributed by atoms with Gasteiger partial charge < -0.3 is 24.3 Å². The molecule has 5 rings (SSSR count). The van der Waals surface area contributed by atoms with E-state index in [1.54, 1.807) is 23.5 Å². The highest BCUT2D eigenvalue weighted by atomic mass is 32.1. The zero-order valence-electron chi connectivity index (χ0n) is 20.0. The van der Waals surface area contributed by atoms with Crippen molar-refractivity contribution in [1.29, 1.82) is 0 Å². The Labute approximate surface area is 207 Å². The molecule has 1 aliphatic heterocycles. The molecule has 0 saturated heterocycles. The number of aromatic nitrogens is 1. The second-order valence-electron chi connectivity index (χ2n) is 8.32. The summed E-state index contributed by atoms with van der Waals surface area (Å²) in [6.07, 6.45) is 0.521. The second kappa shape index (κ2) is 9.46. The lowest BCUT2D eigenvalue weighted by atomic mass is 10.0. The largest absolute Gasteiger partial charge is 0.493 e. The molecule has 3 aromatic carbocycles. The summed E-state index contributed by atoms with van der Waals surface area (Å²) in [6, 6.07) is 15.7. The third kappa shape index (κ3) is 4.25. The van der Waals surface area contributed by atoms with E-state index in [4.69, 9.17) is 23.9 Å². The number of rotatable bonds is 7. The average Bonchev–Trinajstić information content (AvgIpc) is 3.49. The Morgan fingerprint density at radius 2 is 1.89 bits per heavy atom. The normalized spacial score (nSPS) is 14.3. The minimum atomic E-state index is -0.273. The second-order valence-corrected chi connectivity index (χ2v) is 9.35. The van der Waals surface area contributed by atoms with Crippen LogP contribution >= 0.6 is 11.3 Å². The molecule has 1 aromatic heterocycles. The quantitative estimate of drug-likeness (QED) is 0.391. The number of thiazole rings is 1. The van der Waals surface area contributed by atoms with Crippen molar-refractivity contribution >= 4 is 27.5 Å². The fraction of sp³-hybridized carbons (Fsp3) is 0.259. The molecular weight excluding hydrogens is 464 g/mol. The molecule has 1 N–H and O–H groups in total. The summed E-state index contributed by atoms with van der Waals surface area (Å²) < 4.78 is 23.6. The minimum Gasteiger partial charge on any atom is -0.493 e. The molecule has 0 bridgehead atoms. The number of aryl methyl sites for hydroxylation is 1. The molecule has 1 aliphatic rings. The van der Waals surface area contributed by atoms with Gasteiger partial charge in [-0.25, -0.2) is 4.98 Å². The van der Waals surface area contributed by atoms with Gasteiger partial charge in [-0.15, -0.1) is 11.3 Å². The molecule has 1 atom stereocenters. The molecule has 4 aromatic rings. The molecule has 180 valence electrons. The van der Waals surface area contributed by atoms with E-state index in [-0.39, 0.29) is 12.0 Å². The number of fused-ring (bicyclic) bond motifs is 2. The molecule has 0 saturated carbocycles. The van der Waals surface area contributed by atoms with Crippen LogP contribution in [0, 0.1) is 6.92 Å². The molecule has 8 heteroatoms. The van der Waals surface area contributed by atoms with Gasteiger partial charge >= 0.3 is 0 Å². The maximum absolute atomic E-state index is 13.0. The molecule has 1 amide bonds. The standard InChI is InChI=1S/C27H26N2O5S/c1-15-11-16-13-17(14-28-26(30)18-9-10-21(31-2)25(33-4)24(18)32-3)34-23(16)19(12-15)27-29-20-7-5-6-8-22(20)35-27/h5-12,17H,13-14H2,1-4H3,(H,28,30)/t17-/m1/s1. The molecular formula is C27H26N2O5S. The summed E-state index contributed by atoms with van der Waals surface area (Å²) in [5.74, 6) is 1.77. The minimum absolute atomic E-state index is 0.185. The molecule has 0 fully saturated rings. The van der Waals surface area contributed by atoms with Crippen LogP contribution in [0.1, 0.15) is 21.5 Å². The van der Waals surface area contributed by atoms with E-state index in [9.17, 15) is 4.79 Å². The number of carbonyl (C=O) groups is 1. The zero-order valence-corrected chi connectivity index (χ0v) is 20.8. The van der Waals surface area contributed by atoms with Crippen LogP contribution in [-0.2, 0) is 6.42 Å². The number of methoxy groups -OCH3 is 3. The number of benzene rings is 3. The average molecular weight is 491 g/mol. The Bertz CT molecular complexity index is 1380. The van der Waals surface area contributed by atoms with E-state index in [1.807, 2.05) is 18.2 Å². The van der Waals surface area contributed by atoms with Crippen molar-refractivity contribution in [3.63, 3.8) is 0 Å². The van der Waals surface area contributed by atoms with Crippen molar-refractivity contribution in [3.05, 3.63) is 65.2 Å². The van der Waals surface area contributed by atoms with Crippen molar-refractivity contribution < 1.29 is 23.7 Å². The highest BCUT2D eigenvalue weighted by Gasteiger charge is 2.29. The maximum Gasteiger partial charge on any atom is 0.255 e. The first kappa shape index (κ1) is 23.0. The maximum atomic E-state index is 13.0. The molecule has 0 radical (unpaired) electrons. The smallest absolute Gasteiger partial charge is 0.255 e. The lowest BCUT2D eigenvalue weighted by Crippen LogP contribution is -2.34. The molecule has 0 aliphatic carbocycles. The first-order valence-corrected chi connectivity index (χ1v) is 12.1. The van der Waals surface area contributed by atoms with Crippen molar-refractivity contribution in [2.24, 2.45) is 0 Å². The fourth-order valence-corrected chi connectivity index (χ4v) is 5.41. The van der Waals surface area contributed by atoms with Crippen LogP contribution in [0.4, 0.5) is 0 Å². The third-order valence-electron chi connectivity index (χ3n) is 6.01. The van der Waals surface area contributed by atoms with Crippen molar-refractivity contribution in [1.82, 2.24) is 10.3 Å². The Morgan fingerprint density at radius 3 is 2.63 bits per heavy atom. The van der Waals surface area contributed by atoms with Crippen molar-refractivity contribution in [2.75, 3.05) is 27.9 Å². The SMILES string of the molecule is COc1ccc(C(=O)NC[C@H]2Cc3cc(C)cc(-c4nc5ccccc5s4)c3O2)c(OC)c1OC. The van der Waals surface area contributed by atoms with Crippen molar-refractivity contribution in [2.45, 2.75) is 19.4 Å². The van der Waals surface area contributed by atoms with Crippen LogP contribution in [0.15, 0.2) is 48.5 Å². The number of amides is 1. The number of ether oxygens (including phenoxy) is 4. The highest BCUT2D eigenvalue weighted by molar-refractivity contribution is 7.21. The van der Waals surface area contributed by atoms with Crippen molar-refractivity contribution in [3.8, 4) is 33.6 Å². The predicted octanol–water partition coefficient (Wildman–Crippen LogP) is 5.03. The predicted molar refractivity (Wildman–Crippen MR) is 136 cm³/mol. The summed E-state index contributed by atoms with van der Waals surface area (Å²) in [7, 11) is 4.55. The van der Waals surface area contributed by atoms with E-state index in [1.165, 1.54) is 21.3 Å². The number of nitrogens with one attached hydrogen (secondary N) is 1. The molecule has 0 spiro atoms.